The number of carbonyl (C=O) groups excluding carboxylic acids is 3. The summed E-state index contributed by atoms with van der Waals surface area (Å²) in [7, 11) is -2.49. The molecule has 2 aliphatic heterocycles. The zero-order chi connectivity index (χ0) is 20.6. The molecule has 0 aliphatic carbocycles. The van der Waals surface area contributed by atoms with Gasteiger partial charge in [0.2, 0.25) is 15.9 Å². The number of sulfonamides is 1. The lowest BCUT2D eigenvalue weighted by Crippen LogP contribution is -2.40. The van der Waals surface area contributed by atoms with Gasteiger partial charge < -0.3 is 9.64 Å². The van der Waals surface area contributed by atoms with E-state index in [-0.39, 0.29) is 39.8 Å². The van der Waals surface area contributed by atoms with Gasteiger partial charge in [0.1, 0.15) is 0 Å². The number of nitrogens with zero attached hydrogens (tertiary/aromatic N) is 2. The van der Waals surface area contributed by atoms with Gasteiger partial charge in [-0.1, -0.05) is 18.5 Å². The van der Waals surface area contributed by atoms with E-state index in [4.69, 9.17) is 16.3 Å². The number of piperidine rings is 1. The van der Waals surface area contributed by atoms with E-state index in [2.05, 4.69) is 0 Å². The van der Waals surface area contributed by atoms with E-state index in [1.165, 1.54) is 32.2 Å². The average Bonchev–Trinajstić information content (AvgIpc) is 2.88. The highest BCUT2D eigenvalue weighted by atomic mass is 35.5. The molecule has 1 aromatic rings. The van der Waals surface area contributed by atoms with E-state index < -0.39 is 21.8 Å². The molecule has 0 aromatic heterocycles. The molecule has 2 heterocycles. The zero-order valence-corrected chi connectivity index (χ0v) is 17.1. The third-order valence-corrected chi connectivity index (χ3v) is 7.26. The fourth-order valence-electron chi connectivity index (χ4n) is 3.54. The molecule has 0 saturated carbocycles. The molecule has 0 radical (unpaired) electrons. The first-order valence-corrected chi connectivity index (χ1v) is 10.9. The maximum absolute atomic E-state index is 12.8. The lowest BCUT2D eigenvalue weighted by molar-refractivity contribution is -0.146. The van der Waals surface area contributed by atoms with Gasteiger partial charge in [-0.25, -0.2) is 12.7 Å². The van der Waals surface area contributed by atoms with Crippen LogP contribution in [0.3, 0.4) is 0 Å². The number of methoxy groups -OCH3 is 1. The molecular formula is C18H21ClN2O6S. The van der Waals surface area contributed by atoms with Crippen LogP contribution in [0.25, 0.3) is 0 Å². The summed E-state index contributed by atoms with van der Waals surface area (Å²) in [5.41, 5.74) is 0.227. The molecule has 152 valence electrons. The molecule has 2 fully saturated rings. The monoisotopic (exact) mass is 428 g/mol. The van der Waals surface area contributed by atoms with Gasteiger partial charge in [-0.05, 0) is 31.0 Å². The molecule has 8 nitrogen and oxygen atoms in total. The van der Waals surface area contributed by atoms with Gasteiger partial charge in [-0.15, -0.1) is 0 Å². The van der Waals surface area contributed by atoms with E-state index in [1.54, 1.807) is 4.90 Å². The summed E-state index contributed by atoms with van der Waals surface area (Å²) in [6, 6.07) is 4.25. The van der Waals surface area contributed by atoms with Crippen LogP contribution in [0.1, 0.15) is 30.1 Å². The summed E-state index contributed by atoms with van der Waals surface area (Å²) in [5.74, 6) is -2.35. The Labute approximate surface area is 168 Å². The Balaban J connectivity index is 1.83. The van der Waals surface area contributed by atoms with Gasteiger partial charge in [0.15, 0.2) is 0 Å². The number of amides is 2. The molecular weight excluding hydrogens is 408 g/mol. The van der Waals surface area contributed by atoms with Crippen molar-refractivity contribution in [2.75, 3.05) is 30.3 Å². The average molecular weight is 429 g/mol. The normalized spacial score (nSPS) is 22.4. The Morgan fingerprint density at radius 1 is 1.21 bits per heavy atom. The van der Waals surface area contributed by atoms with Gasteiger partial charge in [0, 0.05) is 18.7 Å². The van der Waals surface area contributed by atoms with Crippen LogP contribution in [0.4, 0.5) is 5.69 Å². The van der Waals surface area contributed by atoms with Crippen molar-refractivity contribution in [1.29, 1.82) is 0 Å². The summed E-state index contributed by atoms with van der Waals surface area (Å²) in [4.78, 5) is 38.4. The van der Waals surface area contributed by atoms with Crippen LogP contribution in [0, 0.1) is 11.8 Å². The topological polar surface area (TPSA) is 101 Å². The number of anilines is 1. The predicted molar refractivity (Wildman–Crippen MR) is 103 cm³/mol. The van der Waals surface area contributed by atoms with E-state index in [0.29, 0.717) is 30.2 Å². The number of likely N-dealkylation sites (tertiary alicyclic amines) is 1. The second-order valence-electron chi connectivity index (χ2n) is 7.04. The van der Waals surface area contributed by atoms with Crippen LogP contribution < -0.4 is 4.31 Å². The smallest absolute Gasteiger partial charge is 0.308 e. The Kier molecular flexibility index (Phi) is 5.67. The van der Waals surface area contributed by atoms with Gasteiger partial charge in [0.05, 0.1) is 35.4 Å². The second-order valence-corrected chi connectivity index (χ2v) is 9.31. The van der Waals surface area contributed by atoms with Crippen molar-refractivity contribution in [2.24, 2.45) is 11.8 Å². The number of ether oxygens (including phenoxy) is 1. The maximum Gasteiger partial charge on any atom is 0.308 e. The minimum Gasteiger partial charge on any atom is -0.469 e. The number of carbonyl (C=O) groups is 3. The molecule has 28 heavy (non-hydrogen) atoms. The Bertz CT molecular complexity index is 924. The van der Waals surface area contributed by atoms with Crippen LogP contribution in [-0.4, -0.2) is 57.1 Å². The van der Waals surface area contributed by atoms with E-state index in [9.17, 15) is 22.8 Å². The van der Waals surface area contributed by atoms with E-state index >= 15 is 0 Å². The third-order valence-electron chi connectivity index (χ3n) is 5.09. The molecule has 1 unspecified atom stereocenters. The first-order valence-electron chi connectivity index (χ1n) is 8.89. The molecule has 0 N–H and O–H groups in total. The first-order chi connectivity index (χ1) is 13.2. The van der Waals surface area contributed by atoms with E-state index in [1.807, 2.05) is 0 Å². The van der Waals surface area contributed by atoms with Gasteiger partial charge >= 0.3 is 5.97 Å². The highest BCUT2D eigenvalue weighted by Crippen LogP contribution is 2.35. The number of benzene rings is 1. The number of halogens is 1. The Hall–Kier alpha value is -2.13. The number of rotatable bonds is 3. The quantitative estimate of drug-likeness (QED) is 0.679. The van der Waals surface area contributed by atoms with Gasteiger partial charge in [0.25, 0.3) is 5.91 Å². The van der Waals surface area contributed by atoms with Gasteiger partial charge in [-0.2, -0.15) is 0 Å². The highest BCUT2D eigenvalue weighted by molar-refractivity contribution is 7.94. The first kappa shape index (κ1) is 20.6. The zero-order valence-electron chi connectivity index (χ0n) is 15.6. The van der Waals surface area contributed by atoms with Crippen LogP contribution in [0.15, 0.2) is 18.2 Å². The van der Waals surface area contributed by atoms with Gasteiger partial charge in [-0.3, -0.25) is 14.4 Å². The minimum absolute atomic E-state index is 0.00804. The SMILES string of the molecule is COC(=O)C1CCN(C(=O)c2ccc(Cl)c(N3C(=O)C(C)CS3(=O)=O)c2)CC1. The molecule has 2 amide bonds. The molecule has 1 aromatic carbocycles. The fourth-order valence-corrected chi connectivity index (χ4v) is 5.62. The van der Waals surface area contributed by atoms with Crippen molar-refractivity contribution < 1.29 is 27.5 Å². The molecule has 0 spiro atoms. The highest BCUT2D eigenvalue weighted by Gasteiger charge is 2.43. The second kappa shape index (κ2) is 7.71. The van der Waals surface area contributed by atoms with Crippen LogP contribution >= 0.6 is 11.6 Å². The summed E-state index contributed by atoms with van der Waals surface area (Å²) in [5, 5.41) is 0.0759. The third kappa shape index (κ3) is 3.73. The predicted octanol–water partition coefficient (Wildman–Crippen LogP) is 1.68. The Morgan fingerprint density at radius 3 is 2.39 bits per heavy atom. The van der Waals surface area contributed by atoms with Crippen molar-refractivity contribution in [2.45, 2.75) is 19.8 Å². The lowest BCUT2D eigenvalue weighted by Gasteiger charge is -2.31. The Morgan fingerprint density at radius 2 is 1.86 bits per heavy atom. The maximum atomic E-state index is 12.8. The lowest BCUT2D eigenvalue weighted by atomic mass is 9.96. The summed E-state index contributed by atoms with van der Waals surface area (Å²) in [6.45, 7) is 2.30. The molecule has 3 rings (SSSR count). The van der Waals surface area contributed by atoms with Crippen LogP contribution in [-0.2, 0) is 24.3 Å². The van der Waals surface area contributed by atoms with Crippen LogP contribution in [0.5, 0.6) is 0 Å². The van der Waals surface area contributed by atoms with Crippen molar-refractivity contribution >= 4 is 45.1 Å². The van der Waals surface area contributed by atoms with Crippen LogP contribution in [0.2, 0.25) is 5.02 Å². The minimum atomic E-state index is -3.83. The van der Waals surface area contributed by atoms with Crippen molar-refractivity contribution in [1.82, 2.24) is 4.90 Å². The van der Waals surface area contributed by atoms with E-state index in [0.717, 1.165) is 0 Å². The number of hydrogen-bond acceptors (Lipinski definition) is 6. The number of esters is 1. The summed E-state index contributed by atoms with van der Waals surface area (Å²) < 4.78 is 30.1. The summed E-state index contributed by atoms with van der Waals surface area (Å²) in [6.07, 6.45) is 0.991. The fraction of sp³-hybridized carbons (Fsp3) is 0.500. The van der Waals surface area contributed by atoms with Crippen molar-refractivity contribution in [3.8, 4) is 0 Å². The molecule has 2 aliphatic rings. The molecule has 2 saturated heterocycles. The summed E-state index contributed by atoms with van der Waals surface area (Å²) >= 11 is 6.14. The number of hydrogen-bond donors (Lipinski definition) is 0. The standard InChI is InChI=1S/C18H21ClN2O6S/c1-11-10-28(25,26)21(16(11)22)15-9-13(3-4-14(15)19)17(23)20-7-5-12(6-8-20)18(24)27-2/h3-4,9,11-12H,5-8,10H2,1-2H3. The molecule has 0 bridgehead atoms. The van der Waals surface area contributed by atoms with Crippen molar-refractivity contribution in [3.05, 3.63) is 28.8 Å². The molecule has 10 heteroatoms. The van der Waals surface area contributed by atoms with Crippen molar-refractivity contribution in [3.63, 3.8) is 0 Å². The molecule has 1 atom stereocenters. The largest absolute Gasteiger partial charge is 0.469 e.